The molecule has 0 amide bonds. The summed E-state index contributed by atoms with van der Waals surface area (Å²) >= 11 is 0. The number of carboxylic acids is 1. The number of carbonyl (C=O) groups is 1. The van der Waals surface area contributed by atoms with E-state index in [1.54, 1.807) is 6.92 Å². The first-order chi connectivity index (χ1) is 5.71. The Bertz CT molecular complexity index is 235. The van der Waals surface area contributed by atoms with E-state index in [9.17, 15) is 9.36 Å². The molecule has 0 aliphatic heterocycles. The van der Waals surface area contributed by atoms with Gasteiger partial charge >= 0.3 is 13.6 Å². The third kappa shape index (κ3) is 4.41. The molecular weight excluding hydrogens is 195 g/mol. The molecule has 0 bridgehead atoms. The van der Waals surface area contributed by atoms with Gasteiger partial charge < -0.3 is 9.63 Å². The van der Waals surface area contributed by atoms with Gasteiger partial charge in [0, 0.05) is 6.66 Å². The zero-order chi connectivity index (χ0) is 10.7. The van der Waals surface area contributed by atoms with E-state index in [0.29, 0.717) is 0 Å². The minimum Gasteiger partial charge on any atom is -0.479 e. The van der Waals surface area contributed by atoms with E-state index in [1.165, 1.54) is 20.5 Å². The van der Waals surface area contributed by atoms with Crippen molar-refractivity contribution in [2.75, 3.05) is 13.3 Å². The Labute approximate surface area is 77.6 Å². The molecule has 0 radical (unpaired) electrons. The Kier molecular flexibility index (Phi) is 4.10. The second-order valence-electron chi connectivity index (χ2n) is 3.10. The average molecular weight is 210 g/mol. The van der Waals surface area contributed by atoms with E-state index in [-0.39, 0.29) is 6.61 Å². The number of rotatable bonds is 5. The summed E-state index contributed by atoms with van der Waals surface area (Å²) in [5.74, 6) is -1.17. The van der Waals surface area contributed by atoms with Crippen LogP contribution in [0.15, 0.2) is 0 Å². The van der Waals surface area contributed by atoms with Gasteiger partial charge in [-0.2, -0.15) is 0 Å². The van der Waals surface area contributed by atoms with Gasteiger partial charge in [-0.15, -0.1) is 0 Å². The molecule has 6 heteroatoms. The molecule has 0 rings (SSSR count). The minimum atomic E-state index is -3.25. The van der Waals surface area contributed by atoms with Gasteiger partial charge in [0.25, 0.3) is 0 Å². The van der Waals surface area contributed by atoms with Gasteiger partial charge in [-0.3, -0.25) is 9.09 Å². The van der Waals surface area contributed by atoms with Crippen molar-refractivity contribution in [3.8, 4) is 0 Å². The second-order valence-corrected chi connectivity index (χ2v) is 5.08. The molecule has 13 heavy (non-hydrogen) atoms. The molecule has 0 aromatic carbocycles. The number of aliphatic carboxylic acids is 1. The van der Waals surface area contributed by atoms with E-state index < -0.39 is 19.2 Å². The highest BCUT2D eigenvalue weighted by Crippen LogP contribution is 2.47. The topological polar surface area (TPSA) is 72.8 Å². The van der Waals surface area contributed by atoms with Crippen LogP contribution in [-0.4, -0.2) is 29.9 Å². The van der Waals surface area contributed by atoms with Crippen LogP contribution in [-0.2, 0) is 18.4 Å². The van der Waals surface area contributed by atoms with Gasteiger partial charge in [-0.1, -0.05) is 0 Å². The zero-order valence-electron chi connectivity index (χ0n) is 8.23. The molecule has 0 fully saturated rings. The predicted molar refractivity (Wildman–Crippen MR) is 48.0 cm³/mol. The van der Waals surface area contributed by atoms with E-state index >= 15 is 0 Å². The molecule has 0 spiro atoms. The highest BCUT2D eigenvalue weighted by Gasteiger charge is 2.35. The maximum atomic E-state index is 11.4. The summed E-state index contributed by atoms with van der Waals surface area (Å²) in [5, 5.41) is 8.67. The second kappa shape index (κ2) is 4.22. The average Bonchev–Trinajstić information content (AvgIpc) is 1.83. The van der Waals surface area contributed by atoms with Crippen molar-refractivity contribution in [1.29, 1.82) is 0 Å². The molecule has 0 saturated heterocycles. The van der Waals surface area contributed by atoms with Crippen LogP contribution >= 0.6 is 7.60 Å². The van der Waals surface area contributed by atoms with Crippen molar-refractivity contribution in [2.45, 2.75) is 26.4 Å². The molecule has 0 saturated carbocycles. The Morgan fingerprint density at radius 3 is 2.31 bits per heavy atom. The lowest BCUT2D eigenvalue weighted by atomic mass is 10.1. The van der Waals surface area contributed by atoms with E-state index in [1.807, 2.05) is 0 Å². The first-order valence-electron chi connectivity index (χ1n) is 3.87. The molecule has 0 aliphatic carbocycles. The SMILES string of the molecule is CCOP(C)(=O)OC(C)(C)C(=O)O. The van der Waals surface area contributed by atoms with Crippen LogP contribution in [0.5, 0.6) is 0 Å². The summed E-state index contributed by atoms with van der Waals surface area (Å²) in [7, 11) is -3.25. The largest absolute Gasteiger partial charge is 0.479 e. The molecule has 0 aromatic heterocycles. The van der Waals surface area contributed by atoms with Gasteiger partial charge in [-0.05, 0) is 20.8 Å². The zero-order valence-corrected chi connectivity index (χ0v) is 9.13. The van der Waals surface area contributed by atoms with Gasteiger partial charge in [0.1, 0.15) is 0 Å². The van der Waals surface area contributed by atoms with Crippen molar-refractivity contribution in [3.63, 3.8) is 0 Å². The van der Waals surface area contributed by atoms with Gasteiger partial charge in [-0.25, -0.2) is 4.79 Å². The summed E-state index contributed by atoms with van der Waals surface area (Å²) in [6.45, 7) is 5.78. The smallest absolute Gasteiger partial charge is 0.335 e. The first-order valence-corrected chi connectivity index (χ1v) is 5.86. The molecule has 78 valence electrons. The van der Waals surface area contributed by atoms with Crippen molar-refractivity contribution < 1.29 is 23.5 Å². The lowest BCUT2D eigenvalue weighted by Crippen LogP contribution is -2.33. The van der Waals surface area contributed by atoms with Crippen LogP contribution in [0.3, 0.4) is 0 Å². The summed E-state index contributed by atoms with van der Waals surface area (Å²) in [4.78, 5) is 10.6. The quantitative estimate of drug-likeness (QED) is 0.699. The Balaban J connectivity index is 4.42. The first kappa shape index (κ1) is 12.6. The Hall–Kier alpha value is -0.380. The Morgan fingerprint density at radius 2 is 2.00 bits per heavy atom. The van der Waals surface area contributed by atoms with Crippen molar-refractivity contribution >= 4 is 13.6 Å². The molecule has 0 aliphatic rings. The molecule has 1 atom stereocenters. The number of carboxylic acid groups (broad SMARTS) is 1. The highest BCUT2D eigenvalue weighted by molar-refractivity contribution is 7.53. The predicted octanol–water partition coefficient (Wildman–Crippen LogP) is 1.73. The fourth-order valence-corrected chi connectivity index (χ4v) is 2.14. The molecule has 5 nitrogen and oxygen atoms in total. The standard InChI is InChI=1S/C7H15O5P/c1-5-11-13(4,10)12-7(2,3)6(8)9/h5H2,1-4H3,(H,8,9). The van der Waals surface area contributed by atoms with Crippen LogP contribution in [0.25, 0.3) is 0 Å². The van der Waals surface area contributed by atoms with E-state index in [2.05, 4.69) is 0 Å². The maximum Gasteiger partial charge on any atom is 0.335 e. The summed E-state index contributed by atoms with van der Waals surface area (Å²) in [6, 6.07) is 0. The number of hydrogen-bond donors (Lipinski definition) is 1. The normalized spacial score (nSPS) is 16.6. The van der Waals surface area contributed by atoms with Crippen LogP contribution in [0.4, 0.5) is 0 Å². The van der Waals surface area contributed by atoms with Crippen LogP contribution in [0.1, 0.15) is 20.8 Å². The van der Waals surface area contributed by atoms with Gasteiger partial charge in [0.15, 0.2) is 5.60 Å². The third-order valence-electron chi connectivity index (χ3n) is 1.27. The molecule has 0 heterocycles. The maximum absolute atomic E-state index is 11.4. The summed E-state index contributed by atoms with van der Waals surface area (Å²) < 4.78 is 21.1. The van der Waals surface area contributed by atoms with Crippen LogP contribution in [0, 0.1) is 0 Å². The summed E-state index contributed by atoms with van der Waals surface area (Å²) in [5.41, 5.74) is -1.49. The summed E-state index contributed by atoms with van der Waals surface area (Å²) in [6.07, 6.45) is 0. The molecule has 0 aromatic rings. The van der Waals surface area contributed by atoms with E-state index in [4.69, 9.17) is 14.2 Å². The van der Waals surface area contributed by atoms with Gasteiger partial charge in [0.05, 0.1) is 6.61 Å². The fourth-order valence-electron chi connectivity index (χ4n) is 0.714. The van der Waals surface area contributed by atoms with Crippen molar-refractivity contribution in [2.24, 2.45) is 0 Å². The van der Waals surface area contributed by atoms with E-state index in [0.717, 1.165) is 0 Å². The van der Waals surface area contributed by atoms with Gasteiger partial charge in [0.2, 0.25) is 0 Å². The minimum absolute atomic E-state index is 0.226. The molecule has 1 N–H and O–H groups in total. The third-order valence-corrected chi connectivity index (χ3v) is 2.79. The number of hydrogen-bond acceptors (Lipinski definition) is 4. The van der Waals surface area contributed by atoms with Crippen molar-refractivity contribution in [1.82, 2.24) is 0 Å². The highest BCUT2D eigenvalue weighted by atomic mass is 31.2. The Morgan fingerprint density at radius 1 is 1.54 bits per heavy atom. The van der Waals surface area contributed by atoms with Crippen molar-refractivity contribution in [3.05, 3.63) is 0 Å². The lowest BCUT2D eigenvalue weighted by Gasteiger charge is -2.23. The molecule has 1 unspecified atom stereocenters. The fraction of sp³-hybridized carbons (Fsp3) is 0.857. The monoisotopic (exact) mass is 210 g/mol. The lowest BCUT2D eigenvalue weighted by molar-refractivity contribution is -0.152. The van der Waals surface area contributed by atoms with Crippen LogP contribution in [0.2, 0.25) is 0 Å². The molecular formula is C7H15O5P. The van der Waals surface area contributed by atoms with Crippen LogP contribution < -0.4 is 0 Å².